The average molecular weight is 386 g/mol. The molecule has 0 fully saturated rings. The minimum absolute atomic E-state index is 0.237. The Hall–Kier alpha value is -4.00. The second-order valence-corrected chi connectivity index (χ2v) is 6.72. The van der Waals surface area contributed by atoms with Crippen LogP contribution in [0.25, 0.3) is 27.7 Å². The van der Waals surface area contributed by atoms with E-state index in [1.54, 1.807) is 24.3 Å². The highest BCUT2D eigenvalue weighted by Gasteiger charge is 2.15. The first kappa shape index (κ1) is 17.1. The molecule has 5 rings (SSSR count). The van der Waals surface area contributed by atoms with Crippen LogP contribution in [0.5, 0.6) is 0 Å². The molecule has 0 spiro atoms. The molecule has 0 saturated heterocycles. The Morgan fingerprint density at radius 1 is 1.00 bits per heavy atom. The normalized spacial score (nSPS) is 11.2. The molecule has 2 heterocycles. The molecule has 2 aromatic heterocycles. The van der Waals surface area contributed by atoms with Gasteiger partial charge in [0.15, 0.2) is 5.76 Å². The van der Waals surface area contributed by atoms with Crippen LogP contribution in [-0.2, 0) is 0 Å². The molecule has 3 aromatic carbocycles. The maximum Gasteiger partial charge on any atom is 0.291 e. The number of fused-ring (bicyclic) bond motifs is 2. The Bertz CT molecular complexity index is 1340. The molecule has 0 aliphatic carbocycles. The van der Waals surface area contributed by atoms with Crippen molar-refractivity contribution < 1.29 is 13.6 Å². The molecule has 5 aromatic rings. The number of aryl methyl sites for hydroxylation is 1. The molecule has 1 N–H and O–H groups in total. The molecule has 0 unspecified atom stereocenters. The molecule has 142 valence electrons. The average Bonchev–Trinajstić information content (AvgIpc) is 3.32. The first-order valence-electron chi connectivity index (χ1n) is 9.00. The van der Waals surface area contributed by atoms with Crippen LogP contribution in [0, 0.1) is 12.7 Å². The van der Waals surface area contributed by atoms with Crippen LogP contribution < -0.4 is 5.32 Å². The molecule has 0 aliphatic heterocycles. The number of hydrogen-bond donors (Lipinski definition) is 1. The van der Waals surface area contributed by atoms with Gasteiger partial charge in [0, 0.05) is 11.1 Å². The molecule has 1 amide bonds. The minimum Gasteiger partial charge on any atom is -0.451 e. The van der Waals surface area contributed by atoms with Gasteiger partial charge in [-0.15, -0.1) is 10.2 Å². The maximum absolute atomic E-state index is 13.1. The number of nitrogens with zero attached hydrogens (tertiary/aromatic N) is 3. The van der Waals surface area contributed by atoms with Crippen molar-refractivity contribution in [1.82, 2.24) is 15.0 Å². The van der Waals surface area contributed by atoms with Crippen molar-refractivity contribution in [2.24, 2.45) is 0 Å². The fourth-order valence-corrected chi connectivity index (χ4v) is 3.17. The predicted molar refractivity (Wildman–Crippen MR) is 108 cm³/mol. The molecule has 0 saturated carbocycles. The van der Waals surface area contributed by atoms with Crippen LogP contribution >= 0.6 is 0 Å². The predicted octanol–water partition coefficient (Wildman–Crippen LogP) is 4.87. The lowest BCUT2D eigenvalue weighted by Crippen LogP contribution is -2.11. The zero-order chi connectivity index (χ0) is 20.0. The van der Waals surface area contributed by atoms with E-state index in [1.807, 2.05) is 37.3 Å². The number of carbonyl (C=O) groups is 1. The van der Waals surface area contributed by atoms with E-state index in [0.717, 1.165) is 10.9 Å². The summed E-state index contributed by atoms with van der Waals surface area (Å²) in [6.07, 6.45) is 0. The van der Waals surface area contributed by atoms with Gasteiger partial charge in [-0.3, -0.25) is 4.79 Å². The largest absolute Gasteiger partial charge is 0.451 e. The summed E-state index contributed by atoms with van der Waals surface area (Å²) < 4.78 is 18.8. The number of rotatable bonds is 3. The monoisotopic (exact) mass is 386 g/mol. The lowest BCUT2D eigenvalue weighted by atomic mass is 10.1. The number of anilines is 1. The lowest BCUT2D eigenvalue weighted by Gasteiger charge is -2.06. The van der Waals surface area contributed by atoms with E-state index in [1.165, 1.54) is 16.9 Å². The number of hydrogen-bond acceptors (Lipinski definition) is 4. The maximum atomic E-state index is 13.1. The van der Waals surface area contributed by atoms with Crippen LogP contribution in [-0.4, -0.2) is 20.9 Å². The third-order valence-corrected chi connectivity index (χ3v) is 4.68. The summed E-state index contributed by atoms with van der Waals surface area (Å²) in [5.74, 6) is -0.424. The van der Waals surface area contributed by atoms with Crippen molar-refractivity contribution in [3.05, 3.63) is 83.9 Å². The quantitative estimate of drug-likeness (QED) is 0.480. The molecule has 29 heavy (non-hydrogen) atoms. The Morgan fingerprint density at radius 3 is 2.48 bits per heavy atom. The third kappa shape index (κ3) is 3.12. The van der Waals surface area contributed by atoms with Crippen molar-refractivity contribution in [2.45, 2.75) is 6.92 Å². The summed E-state index contributed by atoms with van der Waals surface area (Å²) in [5.41, 5.74) is 4.05. The van der Waals surface area contributed by atoms with Crippen LogP contribution in [0.2, 0.25) is 0 Å². The van der Waals surface area contributed by atoms with Crippen molar-refractivity contribution in [3.63, 3.8) is 0 Å². The summed E-state index contributed by atoms with van der Waals surface area (Å²) in [6, 6.07) is 18.7. The Morgan fingerprint density at radius 2 is 1.72 bits per heavy atom. The van der Waals surface area contributed by atoms with Gasteiger partial charge in [0.2, 0.25) is 0 Å². The van der Waals surface area contributed by atoms with Crippen LogP contribution in [0.3, 0.4) is 0 Å². The van der Waals surface area contributed by atoms with Crippen molar-refractivity contribution in [2.75, 3.05) is 5.32 Å². The van der Waals surface area contributed by atoms with Crippen molar-refractivity contribution >= 4 is 33.6 Å². The van der Waals surface area contributed by atoms with E-state index < -0.39 is 0 Å². The van der Waals surface area contributed by atoms with Crippen LogP contribution in [0.15, 0.2) is 71.1 Å². The number of halogens is 1. The number of furan rings is 1. The summed E-state index contributed by atoms with van der Waals surface area (Å²) in [6.45, 7) is 1.88. The molecular weight excluding hydrogens is 371 g/mol. The van der Waals surface area contributed by atoms with Gasteiger partial charge < -0.3 is 9.73 Å². The van der Waals surface area contributed by atoms with Crippen molar-refractivity contribution in [1.29, 1.82) is 0 Å². The third-order valence-electron chi connectivity index (χ3n) is 4.68. The number of amides is 1. The Labute approximate surface area is 164 Å². The summed E-state index contributed by atoms with van der Waals surface area (Å²) >= 11 is 0. The summed E-state index contributed by atoms with van der Waals surface area (Å²) in [4.78, 5) is 14.1. The highest BCUT2D eigenvalue weighted by atomic mass is 19.1. The van der Waals surface area contributed by atoms with Crippen LogP contribution in [0.4, 0.5) is 10.1 Å². The topological polar surface area (TPSA) is 73.0 Å². The van der Waals surface area contributed by atoms with Gasteiger partial charge >= 0.3 is 0 Å². The van der Waals surface area contributed by atoms with Gasteiger partial charge in [0.25, 0.3) is 5.91 Å². The molecule has 0 radical (unpaired) electrons. The fraction of sp³-hybridized carbons (Fsp3) is 0.0455. The van der Waals surface area contributed by atoms with E-state index >= 15 is 0 Å². The lowest BCUT2D eigenvalue weighted by molar-refractivity contribution is 0.0998. The van der Waals surface area contributed by atoms with Gasteiger partial charge in [-0.25, -0.2) is 4.39 Å². The Kier molecular flexibility index (Phi) is 3.87. The smallest absolute Gasteiger partial charge is 0.291 e. The second-order valence-electron chi connectivity index (χ2n) is 6.72. The molecule has 0 bridgehead atoms. The number of nitrogens with one attached hydrogen (secondary N) is 1. The fourth-order valence-electron chi connectivity index (χ4n) is 3.17. The van der Waals surface area contributed by atoms with Gasteiger partial charge in [-0.1, -0.05) is 18.2 Å². The SMILES string of the molecule is Cc1cc2nn(-c3ccc(F)cc3)nc2cc1NC(=O)c1cc2ccccc2o1. The molecular formula is C22H15FN4O2. The van der Waals surface area contributed by atoms with E-state index in [0.29, 0.717) is 28.0 Å². The Balaban J connectivity index is 1.47. The first-order chi connectivity index (χ1) is 14.1. The van der Waals surface area contributed by atoms with Crippen LogP contribution in [0.1, 0.15) is 16.1 Å². The highest BCUT2D eigenvalue weighted by molar-refractivity contribution is 6.05. The van der Waals surface area contributed by atoms with Gasteiger partial charge in [-0.05, 0) is 61.0 Å². The van der Waals surface area contributed by atoms with E-state index in [4.69, 9.17) is 4.42 Å². The van der Waals surface area contributed by atoms with Gasteiger partial charge in [-0.2, -0.15) is 4.80 Å². The van der Waals surface area contributed by atoms with E-state index in [-0.39, 0.29) is 17.5 Å². The number of para-hydroxylation sites is 1. The van der Waals surface area contributed by atoms with Crippen molar-refractivity contribution in [3.8, 4) is 5.69 Å². The molecule has 0 atom stereocenters. The van der Waals surface area contributed by atoms with E-state index in [9.17, 15) is 9.18 Å². The standard InChI is InChI=1S/C22H15FN4O2/c1-13-10-18-19(26-27(25-18)16-8-6-15(23)7-9-16)12-17(13)24-22(28)21-11-14-4-2-3-5-20(14)29-21/h2-12H,1H3,(H,24,28). The molecule has 6 nitrogen and oxygen atoms in total. The zero-order valence-corrected chi connectivity index (χ0v) is 15.4. The highest BCUT2D eigenvalue weighted by Crippen LogP contribution is 2.24. The molecule has 7 heteroatoms. The van der Waals surface area contributed by atoms with E-state index in [2.05, 4.69) is 15.5 Å². The van der Waals surface area contributed by atoms with Gasteiger partial charge in [0.1, 0.15) is 22.4 Å². The number of benzene rings is 3. The second kappa shape index (κ2) is 6.56. The first-order valence-corrected chi connectivity index (χ1v) is 9.00. The molecule has 0 aliphatic rings. The zero-order valence-electron chi connectivity index (χ0n) is 15.4. The summed E-state index contributed by atoms with van der Waals surface area (Å²) in [7, 11) is 0. The number of aromatic nitrogens is 3. The summed E-state index contributed by atoms with van der Waals surface area (Å²) in [5, 5.41) is 12.6. The number of carbonyl (C=O) groups excluding carboxylic acids is 1. The minimum atomic E-state index is -0.338. The van der Waals surface area contributed by atoms with Gasteiger partial charge in [0.05, 0.1) is 5.69 Å².